The van der Waals surface area contributed by atoms with Crippen LogP contribution >= 0.6 is 0 Å². The minimum absolute atomic E-state index is 1.16. The molecule has 0 saturated heterocycles. The maximum atomic E-state index is 4.05. The first-order valence-corrected chi connectivity index (χ1v) is 4.21. The molecule has 1 fully saturated rings. The van der Waals surface area contributed by atoms with E-state index in [1.165, 1.54) is 36.8 Å². The number of rotatable bonds is 1. The molecule has 0 aromatic carbocycles. The van der Waals surface area contributed by atoms with Gasteiger partial charge in [0.1, 0.15) is 0 Å². The van der Waals surface area contributed by atoms with Gasteiger partial charge in [0.05, 0.1) is 0 Å². The predicted octanol–water partition coefficient (Wildman–Crippen LogP) is 3.45. The molecule has 0 amide bonds. The number of hydrogen-bond donors (Lipinski definition) is 0. The second-order valence-corrected chi connectivity index (χ2v) is 2.95. The summed E-state index contributed by atoms with van der Waals surface area (Å²) in [6.07, 6.45) is 8.69. The lowest BCUT2D eigenvalue weighted by atomic mass is 9.90. The minimum atomic E-state index is 1.16. The second kappa shape index (κ2) is 3.60. The fraction of sp³-hybridized carbons (Fsp3) is 0.600. The van der Waals surface area contributed by atoms with Gasteiger partial charge >= 0.3 is 0 Å². The van der Waals surface area contributed by atoms with Gasteiger partial charge in [-0.05, 0) is 37.7 Å². The van der Waals surface area contributed by atoms with Crippen molar-refractivity contribution in [3.05, 3.63) is 23.8 Å². The van der Waals surface area contributed by atoms with Gasteiger partial charge in [0.2, 0.25) is 0 Å². The first-order valence-electron chi connectivity index (χ1n) is 4.21. The summed E-state index contributed by atoms with van der Waals surface area (Å²) in [5.41, 5.74) is 2.90. The molecule has 0 aromatic heterocycles. The van der Waals surface area contributed by atoms with Crippen LogP contribution in [-0.2, 0) is 0 Å². The molecule has 0 nitrogen and oxygen atoms in total. The molecule has 1 saturated carbocycles. The smallest absolute Gasteiger partial charge is 0.0279 e. The SMILES string of the molecule is C=C1CCCCC1=CCC. The fourth-order valence-corrected chi connectivity index (χ4v) is 1.48. The van der Waals surface area contributed by atoms with E-state index in [4.69, 9.17) is 0 Å². The van der Waals surface area contributed by atoms with Crippen LogP contribution in [0.4, 0.5) is 0 Å². The molecule has 10 heavy (non-hydrogen) atoms. The average molecular weight is 136 g/mol. The van der Waals surface area contributed by atoms with Gasteiger partial charge in [-0.25, -0.2) is 0 Å². The molecule has 0 heteroatoms. The van der Waals surface area contributed by atoms with Gasteiger partial charge in [0, 0.05) is 0 Å². The summed E-state index contributed by atoms with van der Waals surface area (Å²) in [7, 11) is 0. The Kier molecular flexibility index (Phi) is 2.73. The van der Waals surface area contributed by atoms with Crippen molar-refractivity contribution in [3.63, 3.8) is 0 Å². The molecule has 0 aliphatic heterocycles. The van der Waals surface area contributed by atoms with Gasteiger partial charge in [-0.1, -0.05) is 25.2 Å². The van der Waals surface area contributed by atoms with E-state index in [-0.39, 0.29) is 0 Å². The van der Waals surface area contributed by atoms with Crippen LogP contribution in [0.5, 0.6) is 0 Å². The van der Waals surface area contributed by atoms with Crippen LogP contribution in [0.1, 0.15) is 39.0 Å². The molecule has 0 aromatic rings. The Morgan fingerprint density at radius 2 is 2.10 bits per heavy atom. The Morgan fingerprint density at radius 1 is 1.40 bits per heavy atom. The van der Waals surface area contributed by atoms with Crippen molar-refractivity contribution in [1.82, 2.24) is 0 Å². The van der Waals surface area contributed by atoms with Crippen LogP contribution in [0, 0.1) is 0 Å². The van der Waals surface area contributed by atoms with Crippen LogP contribution in [0.2, 0.25) is 0 Å². The number of hydrogen-bond acceptors (Lipinski definition) is 0. The van der Waals surface area contributed by atoms with Gasteiger partial charge in [0.25, 0.3) is 0 Å². The Hall–Kier alpha value is -0.520. The molecule has 0 unspecified atom stereocenters. The fourth-order valence-electron chi connectivity index (χ4n) is 1.48. The number of allylic oxidation sites excluding steroid dienone is 3. The molecular weight excluding hydrogens is 120 g/mol. The molecule has 0 N–H and O–H groups in total. The molecule has 0 bridgehead atoms. The van der Waals surface area contributed by atoms with E-state index in [0.717, 1.165) is 6.42 Å². The van der Waals surface area contributed by atoms with E-state index in [9.17, 15) is 0 Å². The maximum absolute atomic E-state index is 4.05. The Labute approximate surface area is 63.6 Å². The molecule has 56 valence electrons. The maximum Gasteiger partial charge on any atom is -0.0279 e. The zero-order valence-electron chi connectivity index (χ0n) is 6.82. The van der Waals surface area contributed by atoms with Crippen molar-refractivity contribution in [2.45, 2.75) is 39.0 Å². The third-order valence-electron chi connectivity index (χ3n) is 2.08. The van der Waals surface area contributed by atoms with E-state index in [0.29, 0.717) is 0 Å². The molecule has 1 aliphatic carbocycles. The summed E-state index contributed by atoms with van der Waals surface area (Å²) in [6.45, 7) is 6.24. The highest BCUT2D eigenvalue weighted by molar-refractivity contribution is 5.29. The van der Waals surface area contributed by atoms with Crippen molar-refractivity contribution >= 4 is 0 Å². The van der Waals surface area contributed by atoms with Crippen LogP contribution in [0.3, 0.4) is 0 Å². The van der Waals surface area contributed by atoms with Crippen molar-refractivity contribution in [2.24, 2.45) is 0 Å². The van der Waals surface area contributed by atoms with Crippen LogP contribution < -0.4 is 0 Å². The Morgan fingerprint density at radius 3 is 2.70 bits per heavy atom. The van der Waals surface area contributed by atoms with Gasteiger partial charge in [0.15, 0.2) is 0 Å². The highest BCUT2D eigenvalue weighted by Gasteiger charge is 2.07. The highest BCUT2D eigenvalue weighted by Crippen LogP contribution is 2.27. The quantitative estimate of drug-likeness (QED) is 0.518. The van der Waals surface area contributed by atoms with Gasteiger partial charge in [-0.2, -0.15) is 0 Å². The minimum Gasteiger partial charge on any atom is -0.0956 e. The normalized spacial score (nSPS) is 23.7. The molecule has 1 aliphatic rings. The summed E-state index contributed by atoms with van der Waals surface area (Å²) in [4.78, 5) is 0. The zero-order valence-corrected chi connectivity index (χ0v) is 6.82. The molecule has 0 spiro atoms. The summed E-state index contributed by atoms with van der Waals surface area (Å²) in [5, 5.41) is 0. The topological polar surface area (TPSA) is 0 Å². The first-order chi connectivity index (χ1) is 4.84. The van der Waals surface area contributed by atoms with E-state index < -0.39 is 0 Å². The van der Waals surface area contributed by atoms with Gasteiger partial charge in [-0.15, -0.1) is 0 Å². The van der Waals surface area contributed by atoms with Crippen molar-refractivity contribution in [3.8, 4) is 0 Å². The molecule has 0 heterocycles. The van der Waals surface area contributed by atoms with Crippen LogP contribution in [0.25, 0.3) is 0 Å². The van der Waals surface area contributed by atoms with Crippen LogP contribution in [0.15, 0.2) is 23.8 Å². The third-order valence-corrected chi connectivity index (χ3v) is 2.08. The van der Waals surface area contributed by atoms with Crippen LogP contribution in [-0.4, -0.2) is 0 Å². The second-order valence-electron chi connectivity index (χ2n) is 2.95. The molecule has 1 rings (SSSR count). The summed E-state index contributed by atoms with van der Waals surface area (Å²) in [5.74, 6) is 0. The van der Waals surface area contributed by atoms with Crippen molar-refractivity contribution in [1.29, 1.82) is 0 Å². The van der Waals surface area contributed by atoms with Crippen molar-refractivity contribution < 1.29 is 0 Å². The standard InChI is InChI=1S/C10H16/c1-3-6-10-8-5-4-7-9(10)2/h6H,2-5,7-8H2,1H3. The van der Waals surface area contributed by atoms with Crippen molar-refractivity contribution in [2.75, 3.05) is 0 Å². The summed E-state index contributed by atoms with van der Waals surface area (Å²) < 4.78 is 0. The monoisotopic (exact) mass is 136 g/mol. The predicted molar refractivity (Wildman–Crippen MR) is 46.0 cm³/mol. The van der Waals surface area contributed by atoms with E-state index >= 15 is 0 Å². The van der Waals surface area contributed by atoms with E-state index in [1.54, 1.807) is 0 Å². The van der Waals surface area contributed by atoms with Gasteiger partial charge < -0.3 is 0 Å². The lowest BCUT2D eigenvalue weighted by Gasteiger charge is -2.16. The van der Waals surface area contributed by atoms with E-state index in [1.807, 2.05) is 0 Å². The highest BCUT2D eigenvalue weighted by atomic mass is 14.1. The first kappa shape index (κ1) is 7.59. The summed E-state index contributed by atoms with van der Waals surface area (Å²) >= 11 is 0. The summed E-state index contributed by atoms with van der Waals surface area (Å²) in [6, 6.07) is 0. The largest absolute Gasteiger partial charge is 0.0956 e. The lowest BCUT2D eigenvalue weighted by molar-refractivity contribution is 0.678. The Balaban J connectivity index is 2.56. The molecule has 0 atom stereocenters. The van der Waals surface area contributed by atoms with E-state index in [2.05, 4.69) is 19.6 Å². The third kappa shape index (κ3) is 1.73. The average Bonchev–Trinajstić information content (AvgIpc) is 1.94. The van der Waals surface area contributed by atoms with Gasteiger partial charge in [-0.3, -0.25) is 0 Å². The lowest BCUT2D eigenvalue weighted by Crippen LogP contribution is -1.96. The zero-order chi connectivity index (χ0) is 7.40. The molecular formula is C10H16. The Bertz CT molecular complexity index is 151. The molecule has 0 radical (unpaired) electrons.